The van der Waals surface area contributed by atoms with E-state index in [2.05, 4.69) is 10.2 Å². The SMILES string of the molecule is COCOc1nnc(C(F)(F)F)n1-c1cc(C)ccc1-c1ccccc1. The second-order valence-electron chi connectivity index (χ2n) is 5.58. The highest BCUT2D eigenvalue weighted by Crippen LogP contribution is 2.36. The van der Waals surface area contributed by atoms with Crippen LogP contribution in [0.1, 0.15) is 11.4 Å². The minimum atomic E-state index is -4.70. The van der Waals surface area contributed by atoms with Crippen LogP contribution >= 0.6 is 0 Å². The fourth-order valence-electron chi connectivity index (χ4n) is 2.56. The number of hydrogen-bond donors (Lipinski definition) is 0. The van der Waals surface area contributed by atoms with E-state index >= 15 is 0 Å². The first kappa shape index (κ1) is 17.9. The summed E-state index contributed by atoms with van der Waals surface area (Å²) in [7, 11) is 1.37. The summed E-state index contributed by atoms with van der Waals surface area (Å²) in [5, 5.41) is 6.84. The van der Waals surface area contributed by atoms with Crippen molar-refractivity contribution in [1.29, 1.82) is 0 Å². The van der Waals surface area contributed by atoms with Crippen molar-refractivity contribution in [1.82, 2.24) is 14.8 Å². The van der Waals surface area contributed by atoms with Gasteiger partial charge < -0.3 is 9.47 Å². The molecule has 0 aliphatic carbocycles. The van der Waals surface area contributed by atoms with Crippen molar-refractivity contribution in [2.45, 2.75) is 13.1 Å². The maximum atomic E-state index is 13.5. The standard InChI is InChI=1S/C18H16F3N3O2/c1-12-8-9-14(13-6-4-3-5-7-13)15(10-12)24-16(18(19,20)21)22-23-17(24)26-11-25-2/h3-10H,11H2,1-2H3. The molecule has 3 rings (SSSR count). The van der Waals surface area contributed by atoms with Gasteiger partial charge in [0.1, 0.15) is 0 Å². The average molecular weight is 363 g/mol. The van der Waals surface area contributed by atoms with Crippen LogP contribution in [-0.2, 0) is 10.9 Å². The van der Waals surface area contributed by atoms with Gasteiger partial charge in [0.25, 0.3) is 0 Å². The molecule has 1 heterocycles. The number of benzene rings is 2. The van der Waals surface area contributed by atoms with Gasteiger partial charge >= 0.3 is 12.2 Å². The van der Waals surface area contributed by atoms with Crippen molar-refractivity contribution in [2.75, 3.05) is 13.9 Å². The van der Waals surface area contributed by atoms with E-state index in [1.807, 2.05) is 36.4 Å². The van der Waals surface area contributed by atoms with Gasteiger partial charge in [-0.15, -0.1) is 5.10 Å². The van der Waals surface area contributed by atoms with Gasteiger partial charge in [-0.05, 0) is 24.1 Å². The molecule has 2 aromatic carbocycles. The second kappa shape index (κ2) is 7.17. The Morgan fingerprint density at radius 2 is 1.77 bits per heavy atom. The quantitative estimate of drug-likeness (QED) is 0.636. The van der Waals surface area contributed by atoms with E-state index in [0.717, 1.165) is 15.7 Å². The van der Waals surface area contributed by atoms with E-state index in [1.54, 1.807) is 19.1 Å². The largest absolute Gasteiger partial charge is 0.452 e. The Balaban J connectivity index is 2.26. The highest BCUT2D eigenvalue weighted by atomic mass is 19.4. The molecule has 0 atom stereocenters. The molecule has 0 aliphatic heterocycles. The molecule has 0 fully saturated rings. The summed E-state index contributed by atoms with van der Waals surface area (Å²) in [5.74, 6) is -1.16. The van der Waals surface area contributed by atoms with Gasteiger partial charge in [0.2, 0.25) is 5.82 Å². The van der Waals surface area contributed by atoms with Gasteiger partial charge in [0.05, 0.1) is 5.69 Å². The van der Waals surface area contributed by atoms with E-state index in [4.69, 9.17) is 9.47 Å². The molecule has 0 N–H and O–H groups in total. The highest BCUT2D eigenvalue weighted by molar-refractivity contribution is 5.74. The Hall–Kier alpha value is -2.87. The maximum absolute atomic E-state index is 13.5. The fourth-order valence-corrected chi connectivity index (χ4v) is 2.56. The topological polar surface area (TPSA) is 49.2 Å². The predicted octanol–water partition coefficient (Wildman–Crippen LogP) is 4.24. The molecule has 0 spiro atoms. The summed E-state index contributed by atoms with van der Waals surface area (Å²) in [6.45, 7) is 1.55. The minimum Gasteiger partial charge on any atom is -0.436 e. The number of alkyl halides is 3. The molecule has 0 radical (unpaired) electrons. The monoisotopic (exact) mass is 363 g/mol. The van der Waals surface area contributed by atoms with Crippen LogP contribution < -0.4 is 4.74 Å². The molecule has 5 nitrogen and oxygen atoms in total. The zero-order valence-corrected chi connectivity index (χ0v) is 14.1. The van der Waals surface area contributed by atoms with Crippen LogP contribution in [0.5, 0.6) is 6.01 Å². The molecule has 1 aromatic heterocycles. The van der Waals surface area contributed by atoms with E-state index in [9.17, 15) is 13.2 Å². The van der Waals surface area contributed by atoms with Crippen molar-refractivity contribution in [3.05, 3.63) is 59.9 Å². The van der Waals surface area contributed by atoms with Crippen molar-refractivity contribution < 1.29 is 22.6 Å². The number of nitrogens with zero attached hydrogens (tertiary/aromatic N) is 3. The van der Waals surface area contributed by atoms with Crippen molar-refractivity contribution in [3.63, 3.8) is 0 Å². The molecule has 0 saturated carbocycles. The summed E-state index contributed by atoms with van der Waals surface area (Å²) in [6, 6.07) is 14.1. The minimum absolute atomic E-state index is 0.248. The molecular formula is C18H16F3N3O2. The molecule has 0 aliphatic rings. The maximum Gasteiger partial charge on any atom is 0.452 e. The van der Waals surface area contributed by atoms with Crippen LogP contribution in [0.2, 0.25) is 0 Å². The third-order valence-corrected chi connectivity index (χ3v) is 3.67. The number of halogens is 3. The zero-order valence-electron chi connectivity index (χ0n) is 14.1. The lowest BCUT2D eigenvalue weighted by Crippen LogP contribution is -2.16. The third-order valence-electron chi connectivity index (χ3n) is 3.67. The molecule has 0 bridgehead atoms. The molecule has 0 saturated heterocycles. The first-order chi connectivity index (χ1) is 12.4. The lowest BCUT2D eigenvalue weighted by molar-refractivity contribution is -0.146. The van der Waals surface area contributed by atoms with Crippen molar-refractivity contribution >= 4 is 0 Å². The average Bonchev–Trinajstić information content (AvgIpc) is 3.04. The molecule has 136 valence electrons. The van der Waals surface area contributed by atoms with Gasteiger partial charge in [-0.2, -0.15) is 13.2 Å². The van der Waals surface area contributed by atoms with E-state index in [0.29, 0.717) is 5.56 Å². The van der Waals surface area contributed by atoms with E-state index in [-0.39, 0.29) is 18.5 Å². The molecule has 8 heteroatoms. The van der Waals surface area contributed by atoms with Gasteiger partial charge in [-0.3, -0.25) is 0 Å². The molecule has 0 amide bonds. The summed E-state index contributed by atoms with van der Waals surface area (Å²) in [5.41, 5.74) is 2.43. The normalized spacial score (nSPS) is 11.6. The van der Waals surface area contributed by atoms with E-state index in [1.165, 1.54) is 7.11 Å². The Morgan fingerprint density at radius 3 is 2.42 bits per heavy atom. The lowest BCUT2D eigenvalue weighted by Gasteiger charge is -2.16. The van der Waals surface area contributed by atoms with Crippen molar-refractivity contribution in [3.8, 4) is 22.8 Å². The summed E-state index contributed by atoms with van der Waals surface area (Å²) in [4.78, 5) is 0. The Morgan fingerprint density at radius 1 is 1.04 bits per heavy atom. The number of methoxy groups -OCH3 is 1. The Bertz CT molecular complexity index is 892. The number of aromatic nitrogens is 3. The molecule has 0 unspecified atom stereocenters. The Labute approximate surface area is 148 Å². The number of aryl methyl sites for hydroxylation is 1. The lowest BCUT2D eigenvalue weighted by atomic mass is 10.0. The second-order valence-corrected chi connectivity index (χ2v) is 5.58. The summed E-state index contributed by atoms with van der Waals surface area (Å²) in [6.07, 6.45) is -4.70. The van der Waals surface area contributed by atoms with Crippen molar-refractivity contribution in [2.24, 2.45) is 0 Å². The highest BCUT2D eigenvalue weighted by Gasteiger charge is 2.40. The van der Waals surface area contributed by atoms with Crippen LogP contribution in [0, 0.1) is 6.92 Å². The third kappa shape index (κ3) is 3.55. The van der Waals surface area contributed by atoms with Crippen LogP contribution in [0.25, 0.3) is 16.8 Å². The molecular weight excluding hydrogens is 347 g/mol. The molecule has 3 aromatic rings. The Kier molecular flexibility index (Phi) is 4.94. The van der Waals surface area contributed by atoms with E-state index < -0.39 is 12.0 Å². The smallest absolute Gasteiger partial charge is 0.436 e. The fraction of sp³-hybridized carbons (Fsp3) is 0.222. The number of hydrogen-bond acceptors (Lipinski definition) is 4. The number of rotatable bonds is 5. The van der Waals surface area contributed by atoms with Crippen LogP contribution in [0.3, 0.4) is 0 Å². The van der Waals surface area contributed by atoms with Crippen LogP contribution in [0.15, 0.2) is 48.5 Å². The van der Waals surface area contributed by atoms with Gasteiger partial charge in [-0.1, -0.05) is 47.6 Å². The van der Waals surface area contributed by atoms with Gasteiger partial charge in [-0.25, -0.2) is 4.57 Å². The van der Waals surface area contributed by atoms with Crippen LogP contribution in [-0.4, -0.2) is 28.7 Å². The van der Waals surface area contributed by atoms with Gasteiger partial charge in [0, 0.05) is 12.7 Å². The first-order valence-electron chi connectivity index (χ1n) is 7.72. The molecule has 26 heavy (non-hydrogen) atoms. The van der Waals surface area contributed by atoms with Crippen LogP contribution in [0.4, 0.5) is 13.2 Å². The van der Waals surface area contributed by atoms with Gasteiger partial charge in [0.15, 0.2) is 6.79 Å². The summed E-state index contributed by atoms with van der Waals surface area (Å²) < 4.78 is 51.4. The zero-order chi connectivity index (χ0) is 18.7. The number of ether oxygens (including phenoxy) is 2. The first-order valence-corrected chi connectivity index (χ1v) is 7.72. The summed E-state index contributed by atoms with van der Waals surface area (Å²) >= 11 is 0. The predicted molar refractivity (Wildman–Crippen MR) is 89.0 cm³/mol.